The Morgan fingerprint density at radius 3 is 2.17 bits per heavy atom. The quantitative estimate of drug-likeness (QED) is 0.538. The van der Waals surface area contributed by atoms with Gasteiger partial charge in [-0.05, 0) is 32.1 Å². The Balaban J connectivity index is 2.22. The molecule has 0 amide bonds. The van der Waals surface area contributed by atoms with Gasteiger partial charge in [0, 0.05) is 16.7 Å². The van der Waals surface area contributed by atoms with Gasteiger partial charge in [0.25, 0.3) is 10.0 Å². The first-order valence-electron chi connectivity index (χ1n) is 9.01. The summed E-state index contributed by atoms with van der Waals surface area (Å²) in [6, 6.07) is 12.5. The molecule has 2 aromatic carbocycles. The van der Waals surface area contributed by atoms with E-state index < -0.39 is 33.5 Å². The Morgan fingerprint density at radius 2 is 1.60 bits per heavy atom. The van der Waals surface area contributed by atoms with Gasteiger partial charge >= 0.3 is 5.97 Å². The molecule has 154 valence electrons. The first kappa shape index (κ1) is 21.3. The number of benzene rings is 2. The minimum Gasteiger partial charge on any atom is -0.468 e. The van der Waals surface area contributed by atoms with Crippen molar-refractivity contribution in [3.8, 4) is 0 Å². The van der Waals surface area contributed by atoms with Crippen LogP contribution in [0.5, 0.6) is 0 Å². The normalized spacial score (nSPS) is 15.9. The van der Waals surface area contributed by atoms with Crippen LogP contribution in [0.15, 0.2) is 69.5 Å². The third-order valence-corrected chi connectivity index (χ3v) is 6.00. The zero-order valence-corrected chi connectivity index (χ0v) is 17.4. The summed E-state index contributed by atoms with van der Waals surface area (Å²) in [6.07, 6.45) is 1.18. The van der Waals surface area contributed by atoms with Crippen molar-refractivity contribution in [2.24, 2.45) is 10.3 Å². The summed E-state index contributed by atoms with van der Waals surface area (Å²) < 4.78 is 34.3. The van der Waals surface area contributed by atoms with Gasteiger partial charge in [0.2, 0.25) is 0 Å². The van der Waals surface area contributed by atoms with Crippen LogP contribution in [0.25, 0.3) is 0 Å². The summed E-state index contributed by atoms with van der Waals surface area (Å²) in [5.74, 6) is -3.52. The summed E-state index contributed by atoms with van der Waals surface area (Å²) in [5.41, 5.74) is 1.14. The molecule has 0 radical (unpaired) electrons. The monoisotopic (exact) mass is 425 g/mol. The first-order valence-corrected chi connectivity index (χ1v) is 10.5. The molecule has 1 unspecified atom stereocenters. The summed E-state index contributed by atoms with van der Waals surface area (Å²) in [5, 5.41) is 0. The number of carbonyl (C=O) groups excluding carboxylic acids is 3. The Kier molecular flexibility index (Phi) is 5.80. The number of fused-ring (bicyclic) bond motifs is 1. The number of Topliss-reactive ketones (excluding diaryl/α,β-unsaturated/α-hetero) is 2. The van der Waals surface area contributed by atoms with E-state index in [1.165, 1.54) is 24.3 Å². The van der Waals surface area contributed by atoms with Gasteiger partial charge in [-0.15, -0.1) is 0 Å². The molecular formula is C22H19NO6S. The maximum atomic E-state index is 13.0. The number of hydrogen-bond acceptors (Lipinski definition) is 6. The van der Waals surface area contributed by atoms with Crippen LogP contribution in [-0.2, 0) is 24.3 Å². The molecule has 0 aliphatic heterocycles. The van der Waals surface area contributed by atoms with Gasteiger partial charge in [0.05, 0.1) is 17.7 Å². The molecule has 0 spiro atoms. The van der Waals surface area contributed by atoms with Crippen molar-refractivity contribution in [1.29, 1.82) is 0 Å². The Labute approximate surface area is 174 Å². The average Bonchev–Trinajstić information content (AvgIpc) is 2.71. The van der Waals surface area contributed by atoms with E-state index in [2.05, 4.69) is 9.13 Å². The molecule has 2 aromatic rings. The van der Waals surface area contributed by atoms with E-state index in [9.17, 15) is 22.8 Å². The Hall–Kier alpha value is -3.39. The van der Waals surface area contributed by atoms with Crippen LogP contribution >= 0.6 is 0 Å². The fraction of sp³-hybridized carbons (Fsp3) is 0.182. The second kappa shape index (κ2) is 8.16. The molecule has 0 fully saturated rings. The second-order valence-electron chi connectivity index (χ2n) is 6.81. The minimum atomic E-state index is -4.10. The predicted octanol–water partition coefficient (Wildman–Crippen LogP) is 2.67. The van der Waals surface area contributed by atoms with Crippen molar-refractivity contribution >= 4 is 33.3 Å². The second-order valence-corrected chi connectivity index (χ2v) is 8.41. The van der Waals surface area contributed by atoms with Crippen LogP contribution < -0.4 is 0 Å². The zero-order valence-electron chi connectivity index (χ0n) is 16.6. The number of methoxy groups -OCH3 is 1. The fourth-order valence-corrected chi connectivity index (χ4v) is 4.16. The van der Waals surface area contributed by atoms with Crippen LogP contribution in [0.4, 0.5) is 0 Å². The van der Waals surface area contributed by atoms with E-state index in [-0.39, 0.29) is 21.7 Å². The number of nitrogens with zero attached hydrogens (tertiary/aromatic N) is 1. The van der Waals surface area contributed by atoms with E-state index in [1.807, 2.05) is 6.92 Å². The van der Waals surface area contributed by atoms with Crippen molar-refractivity contribution in [3.63, 3.8) is 0 Å². The molecule has 0 aromatic heterocycles. The minimum absolute atomic E-state index is 0.0129. The van der Waals surface area contributed by atoms with Crippen molar-refractivity contribution in [2.45, 2.75) is 18.7 Å². The van der Waals surface area contributed by atoms with Crippen molar-refractivity contribution in [1.82, 2.24) is 0 Å². The van der Waals surface area contributed by atoms with Crippen LogP contribution in [-0.4, -0.2) is 38.8 Å². The van der Waals surface area contributed by atoms with E-state index in [4.69, 9.17) is 0 Å². The number of carbonyl (C=O) groups is 3. The highest BCUT2D eigenvalue weighted by atomic mass is 32.2. The number of sulfonamides is 1. The Morgan fingerprint density at radius 1 is 1.00 bits per heavy atom. The number of ketones is 2. The van der Waals surface area contributed by atoms with Crippen LogP contribution in [0.3, 0.4) is 0 Å². The number of esters is 1. The number of hydrogen-bond donors (Lipinski definition) is 0. The van der Waals surface area contributed by atoms with Crippen molar-refractivity contribution < 1.29 is 27.5 Å². The lowest BCUT2D eigenvalue weighted by molar-refractivity contribution is -0.147. The van der Waals surface area contributed by atoms with Gasteiger partial charge in [-0.1, -0.05) is 42.0 Å². The molecule has 0 bridgehead atoms. The van der Waals surface area contributed by atoms with Gasteiger partial charge in [0.15, 0.2) is 5.78 Å². The summed E-state index contributed by atoms with van der Waals surface area (Å²) in [7, 11) is -2.99. The number of aryl methyl sites for hydroxylation is 1. The maximum Gasteiger partial charge on any atom is 0.320 e. The standard InChI is InChI=1S/C22H19NO6S/c1-13-8-10-15(11-9-13)30(27,28)23-19-12-18(20(14(2)24)22(26)29-3)21(25)17-7-5-4-6-16(17)19/h4-12,20H,1-3H3/b23-19+. The van der Waals surface area contributed by atoms with E-state index in [0.29, 0.717) is 5.56 Å². The smallest absolute Gasteiger partial charge is 0.320 e. The van der Waals surface area contributed by atoms with E-state index in [0.717, 1.165) is 19.6 Å². The maximum absolute atomic E-state index is 13.0. The van der Waals surface area contributed by atoms with Crippen molar-refractivity contribution in [2.75, 3.05) is 7.11 Å². The average molecular weight is 425 g/mol. The van der Waals surface area contributed by atoms with Gasteiger partial charge in [-0.3, -0.25) is 14.4 Å². The van der Waals surface area contributed by atoms with Gasteiger partial charge in [0.1, 0.15) is 11.7 Å². The fourth-order valence-electron chi connectivity index (χ4n) is 3.16. The summed E-state index contributed by atoms with van der Waals surface area (Å²) >= 11 is 0. The molecule has 0 heterocycles. The first-order chi connectivity index (χ1) is 14.2. The van der Waals surface area contributed by atoms with E-state index >= 15 is 0 Å². The molecule has 1 atom stereocenters. The molecule has 0 saturated carbocycles. The number of rotatable bonds is 5. The predicted molar refractivity (Wildman–Crippen MR) is 110 cm³/mol. The summed E-state index contributed by atoms with van der Waals surface area (Å²) in [4.78, 5) is 37.2. The summed E-state index contributed by atoms with van der Waals surface area (Å²) in [6.45, 7) is 2.99. The highest BCUT2D eigenvalue weighted by Gasteiger charge is 2.37. The van der Waals surface area contributed by atoms with Gasteiger partial charge in [-0.2, -0.15) is 12.8 Å². The molecule has 1 aliphatic carbocycles. The Bertz CT molecular complexity index is 1210. The van der Waals surface area contributed by atoms with E-state index in [1.54, 1.807) is 30.3 Å². The topological polar surface area (TPSA) is 107 Å². The SMILES string of the molecule is COC(=O)C(C(C)=O)C1=C/C(=N\S(=O)(=O)c2ccc(C)cc2)c2ccccc2C1=O. The van der Waals surface area contributed by atoms with Gasteiger partial charge < -0.3 is 4.74 Å². The molecule has 1 aliphatic rings. The lowest BCUT2D eigenvalue weighted by atomic mass is 9.81. The zero-order chi connectivity index (χ0) is 22.1. The van der Waals surface area contributed by atoms with Crippen LogP contribution in [0.2, 0.25) is 0 Å². The molecule has 3 rings (SSSR count). The van der Waals surface area contributed by atoms with Gasteiger partial charge in [-0.25, -0.2) is 0 Å². The third kappa shape index (κ3) is 3.99. The molecule has 8 heteroatoms. The van der Waals surface area contributed by atoms with Crippen LogP contribution in [0, 0.1) is 12.8 Å². The van der Waals surface area contributed by atoms with Crippen LogP contribution in [0.1, 0.15) is 28.4 Å². The molecule has 0 N–H and O–H groups in total. The third-order valence-electron chi connectivity index (χ3n) is 4.69. The number of ether oxygens (including phenoxy) is 1. The lowest BCUT2D eigenvalue weighted by Gasteiger charge is -2.21. The van der Waals surface area contributed by atoms with Crippen molar-refractivity contribution in [3.05, 3.63) is 76.9 Å². The largest absolute Gasteiger partial charge is 0.468 e. The molecule has 0 saturated heterocycles. The highest BCUT2D eigenvalue weighted by molar-refractivity contribution is 7.90. The number of allylic oxidation sites excluding steroid dienone is 1. The molecular weight excluding hydrogens is 406 g/mol. The molecule has 7 nitrogen and oxygen atoms in total. The molecule has 30 heavy (non-hydrogen) atoms. The lowest BCUT2D eigenvalue weighted by Crippen LogP contribution is -2.32. The highest BCUT2D eigenvalue weighted by Crippen LogP contribution is 2.29.